The van der Waals surface area contributed by atoms with E-state index in [9.17, 15) is 14.0 Å². The zero-order valence-corrected chi connectivity index (χ0v) is 17.7. The van der Waals surface area contributed by atoms with Crippen LogP contribution < -0.4 is 4.74 Å². The monoisotopic (exact) mass is 426 g/mol. The molecule has 2 aliphatic rings. The van der Waals surface area contributed by atoms with Crippen molar-refractivity contribution in [2.45, 2.75) is 18.9 Å². The average molecular weight is 426 g/mol. The summed E-state index contributed by atoms with van der Waals surface area (Å²) < 4.78 is 19.1. The Labute approximate surface area is 181 Å². The highest BCUT2D eigenvalue weighted by Crippen LogP contribution is 2.31. The van der Waals surface area contributed by atoms with Gasteiger partial charge < -0.3 is 19.4 Å². The summed E-state index contributed by atoms with van der Waals surface area (Å²) in [5.41, 5.74) is 1.32. The standard InChI is InChI=1S/C23H27FN4O3/c1-26-11-13-27(14-12-26)23(30)17-8-9-19(25-15-17)20-6-4-10-28(20)22(29)16-31-21-7-3-2-5-18(21)24/h2-3,5,7-9,15,20H,4,6,10-14,16H2,1H3/t20-/m1/s1. The molecule has 2 fully saturated rings. The number of carbonyl (C=O) groups excluding carboxylic acids is 2. The van der Waals surface area contributed by atoms with Crippen LogP contribution in [0.5, 0.6) is 5.75 Å². The van der Waals surface area contributed by atoms with Crippen LogP contribution >= 0.6 is 0 Å². The molecule has 1 atom stereocenters. The molecular weight excluding hydrogens is 399 g/mol. The number of benzene rings is 1. The molecule has 0 bridgehead atoms. The number of amides is 2. The van der Waals surface area contributed by atoms with Crippen molar-refractivity contribution in [3.05, 3.63) is 59.7 Å². The van der Waals surface area contributed by atoms with Crippen molar-refractivity contribution < 1.29 is 18.7 Å². The molecule has 2 aliphatic heterocycles. The van der Waals surface area contributed by atoms with E-state index in [0.29, 0.717) is 25.2 Å². The largest absolute Gasteiger partial charge is 0.481 e. The highest BCUT2D eigenvalue weighted by atomic mass is 19.1. The van der Waals surface area contributed by atoms with Gasteiger partial charge in [-0.2, -0.15) is 0 Å². The lowest BCUT2D eigenvalue weighted by molar-refractivity contribution is -0.134. The van der Waals surface area contributed by atoms with Crippen LogP contribution in [0.15, 0.2) is 42.6 Å². The summed E-state index contributed by atoms with van der Waals surface area (Å²) >= 11 is 0. The van der Waals surface area contributed by atoms with Gasteiger partial charge in [0, 0.05) is 38.9 Å². The summed E-state index contributed by atoms with van der Waals surface area (Å²) in [6, 6.07) is 9.50. The molecule has 2 amide bonds. The average Bonchev–Trinajstić information content (AvgIpc) is 3.29. The highest BCUT2D eigenvalue weighted by molar-refractivity contribution is 5.94. The normalized spacial score (nSPS) is 19.5. The van der Waals surface area contributed by atoms with Gasteiger partial charge in [0.05, 0.1) is 17.3 Å². The van der Waals surface area contributed by atoms with Gasteiger partial charge in [0.2, 0.25) is 0 Å². The number of nitrogens with zero attached hydrogens (tertiary/aromatic N) is 4. The molecule has 31 heavy (non-hydrogen) atoms. The van der Waals surface area contributed by atoms with Gasteiger partial charge in [-0.25, -0.2) is 4.39 Å². The number of hydrogen-bond acceptors (Lipinski definition) is 5. The molecule has 2 saturated heterocycles. The maximum atomic E-state index is 13.7. The topological polar surface area (TPSA) is 66.0 Å². The first kappa shape index (κ1) is 21.2. The van der Waals surface area contributed by atoms with E-state index < -0.39 is 5.82 Å². The lowest BCUT2D eigenvalue weighted by Crippen LogP contribution is -2.47. The van der Waals surface area contributed by atoms with Gasteiger partial charge >= 0.3 is 0 Å². The van der Waals surface area contributed by atoms with Crippen LogP contribution in [0.1, 0.15) is 34.9 Å². The Morgan fingerprint density at radius 1 is 1.10 bits per heavy atom. The minimum absolute atomic E-state index is 0.00945. The van der Waals surface area contributed by atoms with Crippen LogP contribution in [0.2, 0.25) is 0 Å². The van der Waals surface area contributed by atoms with Crippen molar-refractivity contribution in [2.75, 3.05) is 46.4 Å². The van der Waals surface area contributed by atoms with E-state index in [4.69, 9.17) is 4.74 Å². The fourth-order valence-electron chi connectivity index (χ4n) is 4.08. The number of likely N-dealkylation sites (N-methyl/N-ethyl adjacent to an activating group) is 1. The number of hydrogen-bond donors (Lipinski definition) is 0. The summed E-state index contributed by atoms with van der Waals surface area (Å²) in [7, 11) is 2.05. The van der Waals surface area contributed by atoms with E-state index in [2.05, 4.69) is 9.88 Å². The second-order valence-corrected chi connectivity index (χ2v) is 8.03. The summed E-state index contributed by atoms with van der Waals surface area (Å²) in [5.74, 6) is -0.637. The van der Waals surface area contributed by atoms with Gasteiger partial charge in [0.15, 0.2) is 18.2 Å². The van der Waals surface area contributed by atoms with Crippen molar-refractivity contribution in [1.82, 2.24) is 19.7 Å². The number of ether oxygens (including phenoxy) is 1. The number of halogens is 1. The van der Waals surface area contributed by atoms with E-state index in [1.807, 2.05) is 18.0 Å². The molecule has 164 valence electrons. The van der Waals surface area contributed by atoms with Crippen LogP contribution in [0, 0.1) is 5.82 Å². The Bertz CT molecular complexity index is 929. The summed E-state index contributed by atoms with van der Waals surface area (Å²) in [5, 5.41) is 0. The van der Waals surface area contributed by atoms with E-state index in [-0.39, 0.29) is 30.2 Å². The van der Waals surface area contributed by atoms with Crippen molar-refractivity contribution in [3.8, 4) is 5.75 Å². The minimum Gasteiger partial charge on any atom is -0.481 e. The predicted octanol–water partition coefficient (Wildman–Crippen LogP) is 2.35. The maximum absolute atomic E-state index is 13.7. The van der Waals surface area contributed by atoms with E-state index in [1.54, 1.807) is 29.3 Å². The predicted molar refractivity (Wildman–Crippen MR) is 113 cm³/mol. The number of carbonyl (C=O) groups is 2. The molecule has 2 aromatic rings. The lowest BCUT2D eigenvalue weighted by Gasteiger charge is -2.32. The molecule has 0 radical (unpaired) electrons. The molecule has 4 rings (SSSR count). The Morgan fingerprint density at radius 3 is 2.58 bits per heavy atom. The molecular formula is C23H27FN4O3. The molecule has 1 aromatic carbocycles. The molecule has 3 heterocycles. The SMILES string of the molecule is CN1CCN(C(=O)c2ccc([C@H]3CCCN3C(=O)COc3ccccc3F)nc2)CC1. The third kappa shape index (κ3) is 4.85. The fourth-order valence-corrected chi connectivity index (χ4v) is 4.08. The summed E-state index contributed by atoms with van der Waals surface area (Å²) in [6.45, 7) is 3.54. The Kier molecular flexibility index (Phi) is 6.46. The zero-order valence-electron chi connectivity index (χ0n) is 17.7. The van der Waals surface area contributed by atoms with Gasteiger partial charge in [-0.1, -0.05) is 12.1 Å². The van der Waals surface area contributed by atoms with Gasteiger partial charge in [-0.3, -0.25) is 14.6 Å². The van der Waals surface area contributed by atoms with Crippen molar-refractivity contribution in [1.29, 1.82) is 0 Å². The first-order chi connectivity index (χ1) is 15.0. The van der Waals surface area contributed by atoms with Crippen molar-refractivity contribution in [2.24, 2.45) is 0 Å². The van der Waals surface area contributed by atoms with Crippen LogP contribution in [-0.4, -0.2) is 77.9 Å². The Hall–Kier alpha value is -3.00. The number of likely N-dealkylation sites (tertiary alicyclic amines) is 1. The van der Waals surface area contributed by atoms with E-state index >= 15 is 0 Å². The summed E-state index contributed by atoms with van der Waals surface area (Å²) in [4.78, 5) is 35.7. The van der Waals surface area contributed by atoms with Crippen LogP contribution in [0.25, 0.3) is 0 Å². The van der Waals surface area contributed by atoms with Gasteiger partial charge in [-0.05, 0) is 44.2 Å². The van der Waals surface area contributed by atoms with Crippen LogP contribution in [0.3, 0.4) is 0 Å². The number of para-hydroxylation sites is 1. The van der Waals surface area contributed by atoms with Gasteiger partial charge in [-0.15, -0.1) is 0 Å². The van der Waals surface area contributed by atoms with Gasteiger partial charge in [0.25, 0.3) is 11.8 Å². The smallest absolute Gasteiger partial charge is 0.261 e. The fraction of sp³-hybridized carbons (Fsp3) is 0.435. The molecule has 0 N–H and O–H groups in total. The van der Waals surface area contributed by atoms with Crippen molar-refractivity contribution >= 4 is 11.8 Å². The first-order valence-electron chi connectivity index (χ1n) is 10.6. The summed E-state index contributed by atoms with van der Waals surface area (Å²) in [6.07, 6.45) is 3.26. The number of rotatable bonds is 5. The van der Waals surface area contributed by atoms with Gasteiger partial charge in [0.1, 0.15) is 0 Å². The molecule has 0 unspecified atom stereocenters. The highest BCUT2D eigenvalue weighted by Gasteiger charge is 2.31. The molecule has 0 saturated carbocycles. The molecule has 0 aliphatic carbocycles. The van der Waals surface area contributed by atoms with Crippen LogP contribution in [-0.2, 0) is 4.79 Å². The molecule has 0 spiro atoms. The third-order valence-electron chi connectivity index (χ3n) is 5.93. The maximum Gasteiger partial charge on any atom is 0.261 e. The minimum atomic E-state index is -0.490. The number of aromatic nitrogens is 1. The number of piperazine rings is 1. The van der Waals surface area contributed by atoms with E-state index in [1.165, 1.54) is 12.1 Å². The second kappa shape index (κ2) is 9.43. The molecule has 7 nitrogen and oxygen atoms in total. The van der Waals surface area contributed by atoms with E-state index in [0.717, 1.165) is 31.6 Å². The molecule has 1 aromatic heterocycles. The van der Waals surface area contributed by atoms with Crippen molar-refractivity contribution in [3.63, 3.8) is 0 Å². The third-order valence-corrected chi connectivity index (χ3v) is 5.93. The Balaban J connectivity index is 1.38. The lowest BCUT2D eigenvalue weighted by atomic mass is 10.1. The Morgan fingerprint density at radius 2 is 1.87 bits per heavy atom. The first-order valence-corrected chi connectivity index (χ1v) is 10.6. The number of pyridine rings is 1. The molecule has 8 heteroatoms. The van der Waals surface area contributed by atoms with Crippen LogP contribution in [0.4, 0.5) is 4.39 Å². The second-order valence-electron chi connectivity index (χ2n) is 8.03. The zero-order chi connectivity index (χ0) is 21.8. The quantitative estimate of drug-likeness (QED) is 0.734.